The van der Waals surface area contributed by atoms with E-state index in [0.29, 0.717) is 11.5 Å². The quantitative estimate of drug-likeness (QED) is 0.885. The van der Waals surface area contributed by atoms with E-state index in [2.05, 4.69) is 44.1 Å². The van der Waals surface area contributed by atoms with Crippen molar-refractivity contribution in [3.63, 3.8) is 0 Å². The molecule has 1 aliphatic rings. The van der Waals surface area contributed by atoms with Crippen LogP contribution in [0.25, 0.3) is 0 Å². The first-order chi connectivity index (χ1) is 8.98. The number of nitrogens with one attached hydrogen (secondary N) is 1. The number of rotatable bonds is 3. The Hall–Kier alpha value is -0.890. The fourth-order valence-electron chi connectivity index (χ4n) is 3.34. The molecule has 106 valence electrons. The van der Waals surface area contributed by atoms with Gasteiger partial charge in [-0.05, 0) is 42.7 Å². The molecule has 2 heteroatoms. The third-order valence-corrected chi connectivity index (χ3v) is 4.53. The lowest BCUT2D eigenvalue weighted by atomic mass is 9.69. The second-order valence-corrected chi connectivity index (χ2v) is 7.01. The smallest absolute Gasteiger partial charge is 0.0570 e. The van der Waals surface area contributed by atoms with E-state index in [0.717, 1.165) is 12.5 Å². The van der Waals surface area contributed by atoms with Gasteiger partial charge in [0.15, 0.2) is 0 Å². The van der Waals surface area contributed by atoms with Crippen molar-refractivity contribution < 1.29 is 0 Å². The molecule has 1 N–H and O–H groups in total. The van der Waals surface area contributed by atoms with E-state index in [9.17, 15) is 0 Å². The second-order valence-electron chi connectivity index (χ2n) is 7.01. The van der Waals surface area contributed by atoms with Crippen LogP contribution in [0.1, 0.15) is 57.7 Å². The van der Waals surface area contributed by atoms with Crippen LogP contribution in [0.15, 0.2) is 18.3 Å². The zero-order valence-corrected chi connectivity index (χ0v) is 12.9. The van der Waals surface area contributed by atoms with E-state index < -0.39 is 0 Å². The summed E-state index contributed by atoms with van der Waals surface area (Å²) in [5, 5.41) is 3.77. The fourth-order valence-corrected chi connectivity index (χ4v) is 3.34. The number of aryl methyl sites for hydroxylation is 1. The molecule has 0 bridgehead atoms. The average molecular weight is 260 g/mol. The van der Waals surface area contributed by atoms with Gasteiger partial charge in [0.1, 0.15) is 0 Å². The highest BCUT2D eigenvalue weighted by atomic mass is 14.9. The molecule has 2 rings (SSSR count). The Bertz CT molecular complexity index is 406. The van der Waals surface area contributed by atoms with Crippen LogP contribution in [-0.4, -0.2) is 11.0 Å². The van der Waals surface area contributed by atoms with Crippen molar-refractivity contribution in [2.75, 3.05) is 0 Å². The Morgan fingerprint density at radius 2 is 2.00 bits per heavy atom. The molecule has 1 saturated carbocycles. The summed E-state index contributed by atoms with van der Waals surface area (Å²) in [6, 6.07) is 4.80. The van der Waals surface area contributed by atoms with Crippen LogP contribution in [0.4, 0.5) is 0 Å². The summed E-state index contributed by atoms with van der Waals surface area (Å²) < 4.78 is 0. The van der Waals surface area contributed by atoms with Gasteiger partial charge in [0.05, 0.1) is 5.69 Å². The van der Waals surface area contributed by atoms with Crippen molar-refractivity contribution in [2.45, 2.75) is 66.0 Å². The number of nitrogens with zero attached hydrogens (tertiary/aromatic N) is 1. The first-order valence-electron chi connectivity index (χ1n) is 7.62. The van der Waals surface area contributed by atoms with Gasteiger partial charge in [0.2, 0.25) is 0 Å². The molecule has 2 atom stereocenters. The summed E-state index contributed by atoms with van der Waals surface area (Å²) >= 11 is 0. The molecule has 0 radical (unpaired) electrons. The third kappa shape index (κ3) is 3.79. The molecule has 0 amide bonds. The van der Waals surface area contributed by atoms with E-state index >= 15 is 0 Å². The summed E-state index contributed by atoms with van der Waals surface area (Å²) in [7, 11) is 0. The summed E-state index contributed by atoms with van der Waals surface area (Å²) in [5.74, 6) is 0.783. The number of pyridine rings is 1. The van der Waals surface area contributed by atoms with Crippen molar-refractivity contribution in [3.05, 3.63) is 29.6 Å². The largest absolute Gasteiger partial charge is 0.308 e. The first-order valence-corrected chi connectivity index (χ1v) is 7.62. The molecular weight excluding hydrogens is 232 g/mol. The third-order valence-electron chi connectivity index (χ3n) is 4.53. The highest BCUT2D eigenvalue weighted by Crippen LogP contribution is 2.38. The van der Waals surface area contributed by atoms with Crippen molar-refractivity contribution in [1.82, 2.24) is 10.3 Å². The Morgan fingerprint density at radius 3 is 2.68 bits per heavy atom. The summed E-state index contributed by atoms with van der Waals surface area (Å²) in [5.41, 5.74) is 2.89. The molecule has 19 heavy (non-hydrogen) atoms. The van der Waals surface area contributed by atoms with Crippen molar-refractivity contribution in [3.8, 4) is 0 Å². The maximum absolute atomic E-state index is 4.49. The zero-order valence-electron chi connectivity index (χ0n) is 12.9. The molecule has 1 aromatic rings. The highest BCUT2D eigenvalue weighted by molar-refractivity contribution is 5.17. The van der Waals surface area contributed by atoms with Gasteiger partial charge >= 0.3 is 0 Å². The van der Waals surface area contributed by atoms with Gasteiger partial charge in [0.25, 0.3) is 0 Å². The van der Waals surface area contributed by atoms with E-state index in [4.69, 9.17) is 0 Å². The molecule has 0 aromatic carbocycles. The zero-order chi connectivity index (χ0) is 13.9. The molecule has 1 heterocycles. The van der Waals surface area contributed by atoms with Crippen LogP contribution >= 0.6 is 0 Å². The molecule has 1 aliphatic carbocycles. The monoisotopic (exact) mass is 260 g/mol. The van der Waals surface area contributed by atoms with Crippen LogP contribution in [0.3, 0.4) is 0 Å². The molecule has 0 spiro atoms. The van der Waals surface area contributed by atoms with Gasteiger partial charge in [-0.15, -0.1) is 0 Å². The predicted molar refractivity (Wildman–Crippen MR) is 81.0 cm³/mol. The van der Waals surface area contributed by atoms with Crippen molar-refractivity contribution in [1.29, 1.82) is 0 Å². The highest BCUT2D eigenvalue weighted by Gasteiger charge is 2.33. The lowest BCUT2D eigenvalue weighted by Crippen LogP contribution is -2.44. The van der Waals surface area contributed by atoms with Gasteiger partial charge in [-0.25, -0.2) is 0 Å². The SMILES string of the molecule is Cc1cccnc1CNC1CCCCC1C(C)(C)C. The van der Waals surface area contributed by atoms with Gasteiger partial charge < -0.3 is 5.32 Å². The lowest BCUT2D eigenvalue weighted by Gasteiger charge is -2.41. The van der Waals surface area contributed by atoms with Crippen LogP contribution in [-0.2, 0) is 6.54 Å². The van der Waals surface area contributed by atoms with Crippen LogP contribution in [0.2, 0.25) is 0 Å². The van der Waals surface area contributed by atoms with E-state index in [-0.39, 0.29) is 0 Å². The summed E-state index contributed by atoms with van der Waals surface area (Å²) in [6.45, 7) is 10.2. The Kier molecular flexibility index (Phi) is 4.62. The van der Waals surface area contributed by atoms with Gasteiger partial charge in [0, 0.05) is 18.8 Å². The van der Waals surface area contributed by atoms with Crippen molar-refractivity contribution in [2.24, 2.45) is 11.3 Å². The molecule has 1 fully saturated rings. The minimum atomic E-state index is 0.400. The van der Waals surface area contributed by atoms with E-state index in [1.807, 2.05) is 12.3 Å². The molecule has 2 nitrogen and oxygen atoms in total. The molecule has 0 saturated heterocycles. The van der Waals surface area contributed by atoms with Crippen LogP contribution < -0.4 is 5.32 Å². The van der Waals surface area contributed by atoms with Crippen LogP contribution in [0.5, 0.6) is 0 Å². The maximum atomic E-state index is 4.49. The van der Waals surface area contributed by atoms with E-state index in [1.165, 1.54) is 36.9 Å². The van der Waals surface area contributed by atoms with Gasteiger partial charge in [-0.3, -0.25) is 4.98 Å². The average Bonchev–Trinajstić information content (AvgIpc) is 2.37. The van der Waals surface area contributed by atoms with Crippen molar-refractivity contribution >= 4 is 0 Å². The summed E-state index contributed by atoms with van der Waals surface area (Å²) in [4.78, 5) is 4.49. The number of hydrogen-bond donors (Lipinski definition) is 1. The van der Waals surface area contributed by atoms with E-state index in [1.54, 1.807) is 0 Å². The molecular formula is C17H28N2. The Balaban J connectivity index is 1.99. The topological polar surface area (TPSA) is 24.9 Å². The molecule has 2 unspecified atom stereocenters. The Labute approximate surface area is 118 Å². The summed E-state index contributed by atoms with van der Waals surface area (Å²) in [6.07, 6.45) is 7.33. The minimum Gasteiger partial charge on any atom is -0.308 e. The second kappa shape index (κ2) is 6.04. The predicted octanol–water partition coefficient (Wildman–Crippen LogP) is 4.08. The fraction of sp³-hybridized carbons (Fsp3) is 0.706. The normalized spacial score (nSPS) is 24.4. The lowest BCUT2D eigenvalue weighted by molar-refractivity contribution is 0.130. The number of hydrogen-bond acceptors (Lipinski definition) is 2. The maximum Gasteiger partial charge on any atom is 0.0570 e. The van der Waals surface area contributed by atoms with Crippen LogP contribution in [0, 0.1) is 18.3 Å². The number of aromatic nitrogens is 1. The molecule has 1 aromatic heterocycles. The Morgan fingerprint density at radius 1 is 1.26 bits per heavy atom. The minimum absolute atomic E-state index is 0.400. The standard InChI is InChI=1S/C17H28N2/c1-13-8-7-11-18-16(13)12-19-15-10-6-5-9-14(15)17(2,3)4/h7-8,11,14-15,19H,5-6,9-10,12H2,1-4H3. The molecule has 0 aliphatic heterocycles. The van der Waals surface area contributed by atoms with Gasteiger partial charge in [-0.2, -0.15) is 0 Å². The first kappa shape index (κ1) is 14.5. The van der Waals surface area contributed by atoms with Gasteiger partial charge in [-0.1, -0.05) is 39.7 Å².